The van der Waals surface area contributed by atoms with Crippen molar-refractivity contribution in [3.63, 3.8) is 0 Å². The minimum absolute atomic E-state index is 0.682. The SMILES string of the molecule is Cc1cccc(OCCn2ccc3cc(C)ccc32)c1. The molecular formula is C18H19NO. The standard InChI is InChI=1S/C18H19NO/c1-14-4-3-5-17(13-14)20-11-10-19-9-8-16-12-15(2)6-7-18(16)19/h3-9,12-13H,10-11H2,1-2H3. The minimum atomic E-state index is 0.682. The van der Waals surface area contributed by atoms with E-state index in [4.69, 9.17) is 4.74 Å². The van der Waals surface area contributed by atoms with Gasteiger partial charge in [-0.2, -0.15) is 0 Å². The summed E-state index contributed by atoms with van der Waals surface area (Å²) in [4.78, 5) is 0. The molecule has 0 saturated heterocycles. The molecule has 2 aromatic carbocycles. The van der Waals surface area contributed by atoms with Crippen molar-refractivity contribution in [3.05, 3.63) is 65.9 Å². The van der Waals surface area contributed by atoms with Gasteiger partial charge in [-0.25, -0.2) is 0 Å². The second-order valence-electron chi connectivity index (χ2n) is 5.24. The molecule has 1 aromatic heterocycles. The van der Waals surface area contributed by atoms with Crippen LogP contribution in [0.2, 0.25) is 0 Å². The number of hydrogen-bond acceptors (Lipinski definition) is 1. The first-order chi connectivity index (χ1) is 9.72. The predicted octanol–water partition coefficient (Wildman–Crippen LogP) is 4.34. The molecular weight excluding hydrogens is 246 g/mol. The van der Waals surface area contributed by atoms with Gasteiger partial charge in [-0.1, -0.05) is 23.8 Å². The average molecular weight is 265 g/mol. The molecule has 102 valence electrons. The number of aryl methyl sites for hydroxylation is 2. The third kappa shape index (κ3) is 2.69. The Morgan fingerprint density at radius 1 is 0.950 bits per heavy atom. The van der Waals surface area contributed by atoms with Crippen LogP contribution in [-0.2, 0) is 6.54 Å². The van der Waals surface area contributed by atoms with Crippen molar-refractivity contribution in [3.8, 4) is 5.75 Å². The summed E-state index contributed by atoms with van der Waals surface area (Å²) in [6.45, 7) is 5.74. The zero-order valence-electron chi connectivity index (χ0n) is 12.0. The van der Waals surface area contributed by atoms with E-state index in [1.54, 1.807) is 0 Å². The fourth-order valence-electron chi connectivity index (χ4n) is 2.48. The number of nitrogens with zero attached hydrogens (tertiary/aromatic N) is 1. The molecule has 0 aliphatic rings. The van der Waals surface area contributed by atoms with Crippen LogP contribution >= 0.6 is 0 Å². The fourth-order valence-corrected chi connectivity index (χ4v) is 2.48. The summed E-state index contributed by atoms with van der Waals surface area (Å²) >= 11 is 0. The first-order valence-electron chi connectivity index (χ1n) is 6.97. The second-order valence-corrected chi connectivity index (χ2v) is 5.24. The lowest BCUT2D eigenvalue weighted by atomic mass is 10.2. The molecule has 0 aliphatic carbocycles. The number of ether oxygens (including phenoxy) is 1. The Morgan fingerprint density at radius 2 is 1.80 bits per heavy atom. The van der Waals surface area contributed by atoms with Gasteiger partial charge in [-0.05, 0) is 55.1 Å². The summed E-state index contributed by atoms with van der Waals surface area (Å²) < 4.78 is 8.05. The summed E-state index contributed by atoms with van der Waals surface area (Å²) in [5.74, 6) is 0.942. The normalized spacial score (nSPS) is 10.9. The first-order valence-corrected chi connectivity index (χ1v) is 6.97. The van der Waals surface area contributed by atoms with E-state index >= 15 is 0 Å². The largest absolute Gasteiger partial charge is 0.492 e. The summed E-state index contributed by atoms with van der Waals surface area (Å²) in [5.41, 5.74) is 3.79. The predicted molar refractivity (Wildman–Crippen MR) is 83.3 cm³/mol. The van der Waals surface area contributed by atoms with E-state index < -0.39 is 0 Å². The van der Waals surface area contributed by atoms with Crippen molar-refractivity contribution >= 4 is 10.9 Å². The van der Waals surface area contributed by atoms with E-state index in [-0.39, 0.29) is 0 Å². The smallest absolute Gasteiger partial charge is 0.119 e. The summed E-state index contributed by atoms with van der Waals surface area (Å²) in [7, 11) is 0. The molecule has 0 bridgehead atoms. The summed E-state index contributed by atoms with van der Waals surface area (Å²) in [6.07, 6.45) is 2.13. The monoisotopic (exact) mass is 265 g/mol. The van der Waals surface area contributed by atoms with Gasteiger partial charge in [0.25, 0.3) is 0 Å². The van der Waals surface area contributed by atoms with Gasteiger partial charge in [0.2, 0.25) is 0 Å². The van der Waals surface area contributed by atoms with Crippen LogP contribution in [0.4, 0.5) is 0 Å². The zero-order chi connectivity index (χ0) is 13.9. The molecule has 0 fully saturated rings. The molecule has 0 spiro atoms. The molecule has 0 N–H and O–H groups in total. The minimum Gasteiger partial charge on any atom is -0.492 e. The third-order valence-electron chi connectivity index (χ3n) is 3.52. The van der Waals surface area contributed by atoms with Gasteiger partial charge < -0.3 is 9.30 Å². The number of aromatic nitrogens is 1. The van der Waals surface area contributed by atoms with Crippen LogP contribution in [0.5, 0.6) is 5.75 Å². The van der Waals surface area contributed by atoms with E-state index in [9.17, 15) is 0 Å². The van der Waals surface area contributed by atoms with Crippen molar-refractivity contribution in [1.29, 1.82) is 0 Å². The molecule has 3 aromatic rings. The third-order valence-corrected chi connectivity index (χ3v) is 3.52. The van der Waals surface area contributed by atoms with Crippen LogP contribution in [0.25, 0.3) is 10.9 Å². The number of rotatable bonds is 4. The van der Waals surface area contributed by atoms with Crippen LogP contribution < -0.4 is 4.74 Å². The average Bonchev–Trinajstić information content (AvgIpc) is 2.81. The second kappa shape index (κ2) is 5.41. The van der Waals surface area contributed by atoms with Crippen LogP contribution in [0.1, 0.15) is 11.1 Å². The molecule has 2 nitrogen and oxygen atoms in total. The molecule has 0 saturated carbocycles. The van der Waals surface area contributed by atoms with Crippen LogP contribution in [0.3, 0.4) is 0 Å². The first kappa shape index (κ1) is 12.8. The van der Waals surface area contributed by atoms with E-state index in [2.05, 4.69) is 61.0 Å². The molecule has 0 atom stereocenters. The maximum atomic E-state index is 5.81. The van der Waals surface area contributed by atoms with Gasteiger partial charge in [0.1, 0.15) is 12.4 Å². The lowest BCUT2D eigenvalue weighted by Crippen LogP contribution is -2.07. The fraction of sp³-hybridized carbons (Fsp3) is 0.222. The highest BCUT2D eigenvalue weighted by molar-refractivity contribution is 5.80. The topological polar surface area (TPSA) is 14.2 Å². The zero-order valence-corrected chi connectivity index (χ0v) is 12.0. The Kier molecular flexibility index (Phi) is 3.46. The van der Waals surface area contributed by atoms with Crippen molar-refractivity contribution < 1.29 is 4.74 Å². The Balaban J connectivity index is 1.68. The van der Waals surface area contributed by atoms with Crippen molar-refractivity contribution in [2.24, 2.45) is 0 Å². The maximum absolute atomic E-state index is 5.81. The molecule has 20 heavy (non-hydrogen) atoms. The molecule has 0 aliphatic heterocycles. The maximum Gasteiger partial charge on any atom is 0.119 e. The van der Waals surface area contributed by atoms with Crippen molar-refractivity contribution in [1.82, 2.24) is 4.57 Å². The highest BCUT2D eigenvalue weighted by Crippen LogP contribution is 2.18. The van der Waals surface area contributed by atoms with Crippen molar-refractivity contribution in [2.75, 3.05) is 6.61 Å². The number of fused-ring (bicyclic) bond motifs is 1. The molecule has 1 heterocycles. The van der Waals surface area contributed by atoms with Gasteiger partial charge in [0, 0.05) is 11.7 Å². The molecule has 0 radical (unpaired) electrons. The summed E-state index contributed by atoms with van der Waals surface area (Å²) in [5, 5.41) is 1.29. The van der Waals surface area contributed by atoms with E-state index in [0.717, 1.165) is 12.3 Å². The van der Waals surface area contributed by atoms with Gasteiger partial charge in [-0.15, -0.1) is 0 Å². The Labute approximate surface area is 119 Å². The Morgan fingerprint density at radius 3 is 2.65 bits per heavy atom. The lowest BCUT2D eigenvalue weighted by molar-refractivity contribution is 0.300. The van der Waals surface area contributed by atoms with Crippen LogP contribution in [0.15, 0.2) is 54.7 Å². The molecule has 2 heteroatoms. The molecule has 3 rings (SSSR count). The van der Waals surface area contributed by atoms with Gasteiger partial charge >= 0.3 is 0 Å². The van der Waals surface area contributed by atoms with E-state index in [1.807, 2.05) is 12.1 Å². The van der Waals surface area contributed by atoms with Gasteiger partial charge in [-0.3, -0.25) is 0 Å². The quantitative estimate of drug-likeness (QED) is 0.684. The summed E-state index contributed by atoms with van der Waals surface area (Å²) in [6, 6.07) is 16.9. The highest BCUT2D eigenvalue weighted by atomic mass is 16.5. The van der Waals surface area contributed by atoms with Gasteiger partial charge in [0.15, 0.2) is 0 Å². The molecule has 0 unspecified atom stereocenters. The van der Waals surface area contributed by atoms with Gasteiger partial charge in [0.05, 0.1) is 6.54 Å². The van der Waals surface area contributed by atoms with E-state index in [1.165, 1.54) is 22.0 Å². The number of benzene rings is 2. The Bertz CT molecular complexity index is 727. The van der Waals surface area contributed by atoms with Crippen LogP contribution in [0, 0.1) is 13.8 Å². The van der Waals surface area contributed by atoms with Crippen molar-refractivity contribution in [2.45, 2.75) is 20.4 Å². The lowest BCUT2D eigenvalue weighted by Gasteiger charge is -2.09. The molecule has 0 amide bonds. The van der Waals surface area contributed by atoms with E-state index in [0.29, 0.717) is 6.61 Å². The Hall–Kier alpha value is -2.22. The highest BCUT2D eigenvalue weighted by Gasteiger charge is 2.01. The number of hydrogen-bond donors (Lipinski definition) is 0. The van der Waals surface area contributed by atoms with Crippen LogP contribution in [-0.4, -0.2) is 11.2 Å².